The highest BCUT2D eigenvalue weighted by Gasteiger charge is 2.34. The van der Waals surface area contributed by atoms with Crippen LogP contribution in [0.15, 0.2) is 24.3 Å². The van der Waals surface area contributed by atoms with Crippen LogP contribution in [0.3, 0.4) is 0 Å². The number of nitrogens with zero attached hydrogens (tertiary/aromatic N) is 1. The van der Waals surface area contributed by atoms with Gasteiger partial charge in [-0.15, -0.1) is 0 Å². The third-order valence-electron chi connectivity index (χ3n) is 3.95. The van der Waals surface area contributed by atoms with Crippen LogP contribution in [0.1, 0.15) is 25.8 Å². The molecule has 1 heterocycles. The van der Waals surface area contributed by atoms with E-state index in [1.165, 1.54) is 12.5 Å². The van der Waals surface area contributed by atoms with Gasteiger partial charge in [0.2, 0.25) is 17.7 Å². The van der Waals surface area contributed by atoms with Gasteiger partial charge in [-0.25, -0.2) is 0 Å². The lowest BCUT2D eigenvalue weighted by Crippen LogP contribution is -2.37. The van der Waals surface area contributed by atoms with Crippen molar-refractivity contribution in [1.29, 1.82) is 0 Å². The molecular formula is C17H23N3O3. The van der Waals surface area contributed by atoms with Crippen molar-refractivity contribution in [3.8, 4) is 0 Å². The fraction of sp³-hybridized carbons (Fsp3) is 0.471. The summed E-state index contributed by atoms with van der Waals surface area (Å²) in [5, 5.41) is 5.37. The molecule has 0 aromatic heterocycles. The van der Waals surface area contributed by atoms with Gasteiger partial charge in [-0.1, -0.05) is 19.1 Å². The van der Waals surface area contributed by atoms with Gasteiger partial charge in [-0.2, -0.15) is 0 Å². The van der Waals surface area contributed by atoms with E-state index in [2.05, 4.69) is 17.6 Å². The summed E-state index contributed by atoms with van der Waals surface area (Å²) in [5.74, 6) is -0.643. The summed E-state index contributed by atoms with van der Waals surface area (Å²) in [6.07, 6.45) is 1.18. The quantitative estimate of drug-likeness (QED) is 0.764. The van der Waals surface area contributed by atoms with Gasteiger partial charge in [0.25, 0.3) is 0 Å². The van der Waals surface area contributed by atoms with Crippen molar-refractivity contribution in [1.82, 2.24) is 10.6 Å². The number of hydrogen-bond acceptors (Lipinski definition) is 3. The van der Waals surface area contributed by atoms with E-state index >= 15 is 0 Å². The van der Waals surface area contributed by atoms with E-state index in [4.69, 9.17) is 0 Å². The Bertz CT molecular complexity index is 583. The molecule has 0 bridgehead atoms. The van der Waals surface area contributed by atoms with Crippen LogP contribution >= 0.6 is 0 Å². The molecule has 0 saturated carbocycles. The number of nitrogens with one attached hydrogen (secondary N) is 2. The molecule has 0 unspecified atom stereocenters. The molecule has 1 aliphatic heterocycles. The second-order valence-corrected chi connectivity index (χ2v) is 5.70. The first-order valence-electron chi connectivity index (χ1n) is 7.92. The van der Waals surface area contributed by atoms with E-state index in [0.29, 0.717) is 19.6 Å². The van der Waals surface area contributed by atoms with Gasteiger partial charge in [0.1, 0.15) is 0 Å². The third kappa shape index (κ3) is 4.55. The number of rotatable bonds is 6. The summed E-state index contributed by atoms with van der Waals surface area (Å²) in [4.78, 5) is 36.7. The van der Waals surface area contributed by atoms with Crippen molar-refractivity contribution in [3.63, 3.8) is 0 Å². The van der Waals surface area contributed by atoms with Crippen LogP contribution in [-0.4, -0.2) is 37.4 Å². The molecule has 1 aromatic rings. The van der Waals surface area contributed by atoms with E-state index in [1.54, 1.807) is 4.90 Å². The van der Waals surface area contributed by atoms with Gasteiger partial charge in [0.15, 0.2) is 0 Å². The van der Waals surface area contributed by atoms with Crippen molar-refractivity contribution in [2.75, 3.05) is 24.5 Å². The van der Waals surface area contributed by atoms with E-state index in [1.807, 2.05) is 24.3 Å². The zero-order valence-corrected chi connectivity index (χ0v) is 13.6. The minimum Gasteiger partial charge on any atom is -0.355 e. The van der Waals surface area contributed by atoms with Crippen molar-refractivity contribution in [2.24, 2.45) is 5.92 Å². The first kappa shape index (κ1) is 17.0. The highest BCUT2D eigenvalue weighted by Crippen LogP contribution is 2.25. The number of benzene rings is 1. The van der Waals surface area contributed by atoms with Gasteiger partial charge >= 0.3 is 0 Å². The molecule has 6 nitrogen and oxygen atoms in total. The summed E-state index contributed by atoms with van der Waals surface area (Å²) >= 11 is 0. The van der Waals surface area contributed by atoms with Crippen LogP contribution in [0, 0.1) is 5.92 Å². The molecule has 1 atom stereocenters. The molecule has 1 aliphatic rings. The molecule has 0 aliphatic carbocycles. The molecule has 0 radical (unpaired) electrons. The number of hydrogen-bond donors (Lipinski definition) is 2. The summed E-state index contributed by atoms with van der Waals surface area (Å²) in [7, 11) is 0. The second kappa shape index (κ2) is 7.76. The summed E-state index contributed by atoms with van der Waals surface area (Å²) in [5.41, 5.74) is 2.05. The van der Waals surface area contributed by atoms with E-state index in [-0.39, 0.29) is 30.1 Å². The standard InChI is InChI=1S/C17H23N3O3/c1-3-13-4-6-15(7-5-13)20-11-14(10-16(20)22)17(23)19-9-8-18-12(2)21/h4-7,14H,3,8-11H2,1-2H3,(H,18,21)(H,19,23)/t14-/m0/s1. The van der Waals surface area contributed by atoms with Gasteiger partial charge in [0.05, 0.1) is 5.92 Å². The average molecular weight is 317 g/mol. The Labute approximate surface area is 136 Å². The lowest BCUT2D eigenvalue weighted by Gasteiger charge is -2.17. The number of carbonyl (C=O) groups is 3. The van der Waals surface area contributed by atoms with Gasteiger partial charge in [-0.05, 0) is 24.1 Å². The average Bonchev–Trinajstić information content (AvgIpc) is 2.93. The Balaban J connectivity index is 1.88. The predicted octanol–water partition coefficient (Wildman–Crippen LogP) is 0.854. The van der Waals surface area contributed by atoms with Crippen LogP contribution in [-0.2, 0) is 20.8 Å². The molecule has 6 heteroatoms. The van der Waals surface area contributed by atoms with Gasteiger partial charge in [-0.3, -0.25) is 14.4 Å². The molecule has 0 spiro atoms. The van der Waals surface area contributed by atoms with Crippen LogP contribution in [0.25, 0.3) is 0 Å². The fourth-order valence-electron chi connectivity index (χ4n) is 2.61. The molecule has 1 fully saturated rings. The topological polar surface area (TPSA) is 78.5 Å². The third-order valence-corrected chi connectivity index (χ3v) is 3.95. The Hall–Kier alpha value is -2.37. The Morgan fingerprint density at radius 1 is 1.17 bits per heavy atom. The molecule has 23 heavy (non-hydrogen) atoms. The van der Waals surface area contributed by atoms with Crippen LogP contribution in [0.2, 0.25) is 0 Å². The largest absolute Gasteiger partial charge is 0.355 e. The number of aryl methyl sites for hydroxylation is 1. The lowest BCUT2D eigenvalue weighted by molar-refractivity contribution is -0.126. The van der Waals surface area contributed by atoms with E-state index in [9.17, 15) is 14.4 Å². The highest BCUT2D eigenvalue weighted by molar-refractivity contribution is 6.00. The first-order valence-corrected chi connectivity index (χ1v) is 7.92. The Morgan fingerprint density at radius 2 is 1.83 bits per heavy atom. The van der Waals surface area contributed by atoms with E-state index < -0.39 is 0 Å². The summed E-state index contributed by atoms with van der Waals surface area (Å²) in [6, 6.07) is 7.86. The predicted molar refractivity (Wildman–Crippen MR) is 88.0 cm³/mol. The molecule has 1 aromatic carbocycles. The zero-order valence-electron chi connectivity index (χ0n) is 13.6. The second-order valence-electron chi connectivity index (χ2n) is 5.70. The number of anilines is 1. The van der Waals surface area contributed by atoms with Gasteiger partial charge in [0, 0.05) is 38.7 Å². The van der Waals surface area contributed by atoms with Crippen molar-refractivity contribution < 1.29 is 14.4 Å². The smallest absolute Gasteiger partial charge is 0.227 e. The van der Waals surface area contributed by atoms with Crippen molar-refractivity contribution in [2.45, 2.75) is 26.7 Å². The van der Waals surface area contributed by atoms with E-state index in [0.717, 1.165) is 12.1 Å². The lowest BCUT2D eigenvalue weighted by atomic mass is 10.1. The summed E-state index contributed by atoms with van der Waals surface area (Å²) < 4.78 is 0. The minimum absolute atomic E-state index is 0.0312. The molecule has 3 amide bonds. The van der Waals surface area contributed by atoms with Gasteiger partial charge < -0.3 is 15.5 Å². The zero-order chi connectivity index (χ0) is 16.8. The monoisotopic (exact) mass is 317 g/mol. The number of carbonyl (C=O) groups excluding carboxylic acids is 3. The van der Waals surface area contributed by atoms with Crippen LogP contribution in [0.4, 0.5) is 5.69 Å². The molecule has 124 valence electrons. The molecule has 2 rings (SSSR count). The Kier molecular flexibility index (Phi) is 5.73. The van der Waals surface area contributed by atoms with Crippen molar-refractivity contribution >= 4 is 23.4 Å². The molecule has 1 saturated heterocycles. The maximum atomic E-state index is 12.2. The fourth-order valence-corrected chi connectivity index (χ4v) is 2.61. The first-order chi connectivity index (χ1) is 11.0. The normalized spacial score (nSPS) is 17.2. The maximum Gasteiger partial charge on any atom is 0.227 e. The highest BCUT2D eigenvalue weighted by atomic mass is 16.2. The Morgan fingerprint density at radius 3 is 2.43 bits per heavy atom. The SMILES string of the molecule is CCc1ccc(N2C[C@@H](C(=O)NCCNC(C)=O)CC2=O)cc1. The maximum absolute atomic E-state index is 12.2. The number of amides is 3. The van der Waals surface area contributed by atoms with Crippen LogP contribution in [0.5, 0.6) is 0 Å². The minimum atomic E-state index is -0.342. The van der Waals surface area contributed by atoms with Crippen molar-refractivity contribution in [3.05, 3.63) is 29.8 Å². The summed E-state index contributed by atoms with van der Waals surface area (Å²) in [6.45, 7) is 4.67. The molecular weight excluding hydrogens is 294 g/mol. The molecule has 2 N–H and O–H groups in total. The van der Waals surface area contributed by atoms with Crippen LogP contribution < -0.4 is 15.5 Å².